The predicted octanol–water partition coefficient (Wildman–Crippen LogP) is 4.88. The highest BCUT2D eigenvalue weighted by Crippen LogP contribution is 2.27. The van der Waals surface area contributed by atoms with Gasteiger partial charge in [0.1, 0.15) is 0 Å². The number of amides is 1. The molecule has 0 unspecified atom stereocenters. The first-order valence-corrected chi connectivity index (χ1v) is 9.16. The molecule has 0 aliphatic carbocycles. The fourth-order valence-corrected chi connectivity index (χ4v) is 4.25. The molecule has 3 aromatic carbocycles. The number of aromatic nitrogens is 1. The highest BCUT2D eigenvalue weighted by Gasteiger charge is 2.11. The molecule has 1 aromatic heterocycles. The number of thiazole rings is 1. The van der Waals surface area contributed by atoms with Crippen LogP contribution in [0.2, 0.25) is 5.02 Å². The van der Waals surface area contributed by atoms with Crippen LogP contribution >= 0.6 is 22.9 Å². The Morgan fingerprint density at radius 3 is 2.81 bits per heavy atom. The molecule has 3 nitrogen and oxygen atoms in total. The minimum Gasteiger partial charge on any atom is -0.305 e. The van der Waals surface area contributed by atoms with Gasteiger partial charge in [-0.25, -0.2) is 0 Å². The summed E-state index contributed by atoms with van der Waals surface area (Å²) in [6.45, 7) is 0.347. The van der Waals surface area contributed by atoms with Crippen molar-refractivity contribution < 1.29 is 4.79 Å². The number of benzene rings is 3. The number of fused-ring (bicyclic) bond motifs is 3. The molecule has 4 aromatic rings. The third kappa shape index (κ3) is 2.92. The summed E-state index contributed by atoms with van der Waals surface area (Å²) in [6.07, 6.45) is 5.54. The standard InChI is InChI=1S/C21H13ClN2OS/c1-2-12-24-18-11-10-14-6-3-4-9-17(14)19(18)26-21(24)23-20(25)15-7-5-8-16(22)13-15/h1,3-11,13H,12H2. The second-order valence-corrected chi connectivity index (χ2v) is 7.15. The SMILES string of the molecule is C#CCn1c(=NC(=O)c2cccc(Cl)c2)sc2c3ccccc3ccc21. The molecular weight excluding hydrogens is 364 g/mol. The normalized spacial score (nSPS) is 11.8. The maximum Gasteiger partial charge on any atom is 0.279 e. The van der Waals surface area contributed by atoms with Crippen molar-refractivity contribution in [2.45, 2.75) is 6.54 Å². The van der Waals surface area contributed by atoms with Gasteiger partial charge in [-0.05, 0) is 29.7 Å². The Kier molecular flexibility index (Phi) is 4.34. The largest absolute Gasteiger partial charge is 0.305 e. The number of hydrogen-bond donors (Lipinski definition) is 0. The zero-order chi connectivity index (χ0) is 18.1. The van der Waals surface area contributed by atoms with Crippen LogP contribution in [0.4, 0.5) is 0 Å². The highest BCUT2D eigenvalue weighted by molar-refractivity contribution is 7.17. The van der Waals surface area contributed by atoms with Crippen LogP contribution in [0.3, 0.4) is 0 Å². The maximum absolute atomic E-state index is 12.6. The number of hydrogen-bond acceptors (Lipinski definition) is 2. The van der Waals surface area contributed by atoms with E-state index in [1.807, 2.05) is 22.8 Å². The second kappa shape index (κ2) is 6.80. The smallest absolute Gasteiger partial charge is 0.279 e. The summed E-state index contributed by atoms with van der Waals surface area (Å²) in [4.78, 5) is 17.5. The van der Waals surface area contributed by atoms with Crippen LogP contribution in [0, 0.1) is 12.3 Å². The maximum atomic E-state index is 12.6. The van der Waals surface area contributed by atoms with Gasteiger partial charge in [-0.1, -0.05) is 65.3 Å². The predicted molar refractivity (Wildman–Crippen MR) is 107 cm³/mol. The molecule has 0 bridgehead atoms. The number of halogens is 1. The highest BCUT2D eigenvalue weighted by atomic mass is 35.5. The van der Waals surface area contributed by atoms with E-state index in [4.69, 9.17) is 18.0 Å². The van der Waals surface area contributed by atoms with Crippen molar-refractivity contribution in [1.29, 1.82) is 0 Å². The Morgan fingerprint density at radius 2 is 2.00 bits per heavy atom. The van der Waals surface area contributed by atoms with E-state index >= 15 is 0 Å². The molecule has 0 saturated carbocycles. The van der Waals surface area contributed by atoms with Crippen molar-refractivity contribution in [1.82, 2.24) is 4.57 Å². The summed E-state index contributed by atoms with van der Waals surface area (Å²) >= 11 is 7.45. The molecule has 0 aliphatic rings. The molecule has 0 radical (unpaired) electrons. The molecule has 0 fully saturated rings. The van der Waals surface area contributed by atoms with Crippen molar-refractivity contribution in [3.8, 4) is 12.3 Å². The van der Waals surface area contributed by atoms with E-state index in [1.165, 1.54) is 11.3 Å². The van der Waals surface area contributed by atoms with Crippen LogP contribution < -0.4 is 4.80 Å². The van der Waals surface area contributed by atoms with Crippen molar-refractivity contribution in [2.24, 2.45) is 4.99 Å². The summed E-state index contributed by atoms with van der Waals surface area (Å²) in [7, 11) is 0. The van der Waals surface area contributed by atoms with E-state index in [1.54, 1.807) is 24.3 Å². The Balaban J connectivity index is 1.96. The van der Waals surface area contributed by atoms with E-state index in [2.05, 4.69) is 29.1 Å². The van der Waals surface area contributed by atoms with Gasteiger partial charge < -0.3 is 4.57 Å². The van der Waals surface area contributed by atoms with Crippen LogP contribution in [-0.4, -0.2) is 10.5 Å². The van der Waals surface area contributed by atoms with Crippen LogP contribution in [0.1, 0.15) is 10.4 Å². The van der Waals surface area contributed by atoms with Gasteiger partial charge in [0.05, 0.1) is 16.8 Å². The first kappa shape index (κ1) is 16.6. The average Bonchev–Trinajstić information content (AvgIpc) is 3.00. The van der Waals surface area contributed by atoms with Gasteiger partial charge in [0, 0.05) is 16.0 Å². The van der Waals surface area contributed by atoms with Crippen molar-refractivity contribution in [3.05, 3.63) is 76.1 Å². The summed E-state index contributed by atoms with van der Waals surface area (Å²) in [5, 5.41) is 2.77. The molecule has 1 heterocycles. The molecule has 0 spiro atoms. The van der Waals surface area contributed by atoms with Gasteiger partial charge in [0.2, 0.25) is 0 Å². The topological polar surface area (TPSA) is 34.4 Å². The Labute approximate surface area is 159 Å². The zero-order valence-electron chi connectivity index (χ0n) is 13.6. The number of terminal acetylenes is 1. The van der Waals surface area contributed by atoms with E-state index in [-0.39, 0.29) is 5.91 Å². The summed E-state index contributed by atoms with van der Waals surface area (Å²) in [5.41, 5.74) is 1.43. The van der Waals surface area contributed by atoms with E-state index in [0.717, 1.165) is 21.0 Å². The first-order valence-electron chi connectivity index (χ1n) is 7.96. The van der Waals surface area contributed by atoms with Gasteiger partial charge in [-0.2, -0.15) is 4.99 Å². The lowest BCUT2D eigenvalue weighted by molar-refractivity contribution is 0.0998. The van der Waals surface area contributed by atoms with Crippen LogP contribution in [0.5, 0.6) is 0 Å². The van der Waals surface area contributed by atoms with Crippen LogP contribution in [0.25, 0.3) is 21.0 Å². The Morgan fingerprint density at radius 1 is 1.15 bits per heavy atom. The zero-order valence-corrected chi connectivity index (χ0v) is 15.2. The van der Waals surface area contributed by atoms with E-state index in [9.17, 15) is 4.79 Å². The fraction of sp³-hybridized carbons (Fsp3) is 0.0476. The van der Waals surface area contributed by atoms with Gasteiger partial charge in [-0.15, -0.1) is 6.42 Å². The molecule has 0 saturated heterocycles. The third-order valence-electron chi connectivity index (χ3n) is 4.09. The molecule has 0 N–H and O–H groups in total. The molecule has 1 amide bonds. The summed E-state index contributed by atoms with van der Waals surface area (Å²) in [6, 6.07) is 19.0. The molecular formula is C21H13ClN2OS. The average molecular weight is 377 g/mol. The van der Waals surface area contributed by atoms with E-state index < -0.39 is 0 Å². The molecule has 0 atom stereocenters. The fourth-order valence-electron chi connectivity index (χ4n) is 2.90. The van der Waals surface area contributed by atoms with Crippen LogP contribution in [-0.2, 0) is 6.54 Å². The Bertz CT molecular complexity index is 1260. The second-order valence-electron chi connectivity index (χ2n) is 5.74. The lowest BCUT2D eigenvalue weighted by atomic mass is 10.1. The molecule has 0 aliphatic heterocycles. The summed E-state index contributed by atoms with van der Waals surface area (Å²) in [5.74, 6) is 2.31. The lowest BCUT2D eigenvalue weighted by Gasteiger charge is -2.02. The molecule has 5 heteroatoms. The number of nitrogens with zero attached hydrogens (tertiary/aromatic N) is 2. The quantitative estimate of drug-likeness (QED) is 0.459. The molecule has 26 heavy (non-hydrogen) atoms. The van der Waals surface area contributed by atoms with Crippen molar-refractivity contribution >= 4 is 49.8 Å². The first-order chi connectivity index (χ1) is 12.7. The van der Waals surface area contributed by atoms with Gasteiger partial charge in [0.25, 0.3) is 5.91 Å². The Hall–Kier alpha value is -2.87. The van der Waals surface area contributed by atoms with Gasteiger partial charge in [-0.3, -0.25) is 4.79 Å². The minimum absolute atomic E-state index is 0.339. The van der Waals surface area contributed by atoms with Crippen molar-refractivity contribution in [3.63, 3.8) is 0 Å². The number of carbonyl (C=O) groups is 1. The number of carbonyl (C=O) groups excluding carboxylic acids is 1. The monoisotopic (exact) mass is 376 g/mol. The van der Waals surface area contributed by atoms with Crippen molar-refractivity contribution in [2.75, 3.05) is 0 Å². The third-order valence-corrected chi connectivity index (χ3v) is 5.45. The number of rotatable bonds is 2. The van der Waals surface area contributed by atoms with E-state index in [0.29, 0.717) is 21.9 Å². The van der Waals surface area contributed by atoms with Crippen LogP contribution in [0.15, 0.2) is 65.7 Å². The molecule has 4 rings (SSSR count). The molecule has 126 valence electrons. The van der Waals surface area contributed by atoms with Gasteiger partial charge in [0.15, 0.2) is 4.80 Å². The summed E-state index contributed by atoms with van der Waals surface area (Å²) < 4.78 is 2.96. The lowest BCUT2D eigenvalue weighted by Crippen LogP contribution is -2.16. The minimum atomic E-state index is -0.339. The van der Waals surface area contributed by atoms with Gasteiger partial charge >= 0.3 is 0 Å².